The van der Waals surface area contributed by atoms with E-state index in [1.807, 2.05) is 30.3 Å². The highest BCUT2D eigenvalue weighted by atomic mass is 16.5. The number of carbonyl (C=O) groups excluding carboxylic acids is 1. The quantitative estimate of drug-likeness (QED) is 0.698. The number of benzene rings is 1. The number of amides is 1. The second-order valence-electron chi connectivity index (χ2n) is 5.72. The lowest BCUT2D eigenvalue weighted by Crippen LogP contribution is -2.36. The van der Waals surface area contributed by atoms with Crippen molar-refractivity contribution in [1.82, 2.24) is 9.88 Å². The molecule has 6 nitrogen and oxygen atoms in total. The molecule has 2 aromatic heterocycles. The molecular weight excluding hydrogens is 308 g/mol. The summed E-state index contributed by atoms with van der Waals surface area (Å²) < 4.78 is 10.7. The van der Waals surface area contributed by atoms with Gasteiger partial charge in [-0.15, -0.1) is 0 Å². The minimum Gasteiger partial charge on any atom is -0.463 e. The largest absolute Gasteiger partial charge is 0.463 e. The van der Waals surface area contributed by atoms with E-state index in [4.69, 9.17) is 9.15 Å². The topological polar surface area (TPSA) is 78.7 Å². The van der Waals surface area contributed by atoms with Crippen LogP contribution in [0.5, 0.6) is 0 Å². The first kappa shape index (κ1) is 16.3. The second kappa shape index (κ2) is 7.33. The van der Waals surface area contributed by atoms with Crippen LogP contribution in [0.15, 0.2) is 53.1 Å². The number of nitrogens with zero attached hydrogens (tertiary/aromatic N) is 1. The Hall–Kier alpha value is -2.57. The van der Waals surface area contributed by atoms with Crippen LogP contribution in [-0.4, -0.2) is 47.2 Å². The van der Waals surface area contributed by atoms with Crippen molar-refractivity contribution < 1.29 is 19.1 Å². The molecule has 0 saturated heterocycles. The standard InChI is InChI=1S/C18H20N2O4/c1-20(18(22)16-9-17-15(19-16)7-8-24-17)10-14(21)12-23-11-13-5-3-2-4-6-13/h2-9,14,19,21H,10-12H2,1H3. The molecule has 126 valence electrons. The second-order valence-corrected chi connectivity index (χ2v) is 5.72. The van der Waals surface area contributed by atoms with Crippen LogP contribution >= 0.6 is 0 Å². The molecule has 24 heavy (non-hydrogen) atoms. The number of aromatic nitrogens is 1. The van der Waals surface area contributed by atoms with E-state index < -0.39 is 6.10 Å². The number of hydrogen-bond donors (Lipinski definition) is 2. The maximum atomic E-state index is 12.3. The van der Waals surface area contributed by atoms with Crippen molar-refractivity contribution >= 4 is 17.0 Å². The Kier molecular flexibility index (Phi) is 4.98. The fourth-order valence-corrected chi connectivity index (χ4v) is 2.51. The zero-order chi connectivity index (χ0) is 16.9. The Bertz CT molecular complexity index is 765. The van der Waals surface area contributed by atoms with Crippen LogP contribution in [-0.2, 0) is 11.3 Å². The van der Waals surface area contributed by atoms with Gasteiger partial charge in [0, 0.05) is 25.7 Å². The summed E-state index contributed by atoms with van der Waals surface area (Å²) in [5, 5.41) is 10.0. The van der Waals surface area contributed by atoms with E-state index >= 15 is 0 Å². The molecule has 0 saturated carbocycles. The maximum Gasteiger partial charge on any atom is 0.270 e. The highest BCUT2D eigenvalue weighted by Crippen LogP contribution is 2.17. The highest BCUT2D eigenvalue weighted by Gasteiger charge is 2.18. The van der Waals surface area contributed by atoms with Crippen molar-refractivity contribution in [3.05, 3.63) is 60.0 Å². The summed E-state index contributed by atoms with van der Waals surface area (Å²) in [7, 11) is 1.64. The molecule has 6 heteroatoms. The van der Waals surface area contributed by atoms with Gasteiger partial charge in [0.2, 0.25) is 0 Å². The Morgan fingerprint density at radius 2 is 2.12 bits per heavy atom. The predicted molar refractivity (Wildman–Crippen MR) is 89.6 cm³/mol. The maximum absolute atomic E-state index is 12.3. The summed E-state index contributed by atoms with van der Waals surface area (Å²) in [6.45, 7) is 0.788. The molecule has 1 amide bonds. The smallest absolute Gasteiger partial charge is 0.270 e. The SMILES string of the molecule is CN(CC(O)COCc1ccccc1)C(=O)c1cc2occc2[nH]1. The minimum absolute atomic E-state index is 0.166. The number of aliphatic hydroxyl groups is 1. The lowest BCUT2D eigenvalue weighted by Gasteiger charge is -2.20. The van der Waals surface area contributed by atoms with Crippen LogP contribution < -0.4 is 0 Å². The van der Waals surface area contributed by atoms with Gasteiger partial charge in [-0.25, -0.2) is 0 Å². The molecule has 0 radical (unpaired) electrons. The Morgan fingerprint density at radius 3 is 2.88 bits per heavy atom. The van der Waals surface area contributed by atoms with Crippen LogP contribution in [0.1, 0.15) is 16.1 Å². The van der Waals surface area contributed by atoms with Crippen molar-refractivity contribution in [2.24, 2.45) is 0 Å². The number of carbonyl (C=O) groups is 1. The van der Waals surface area contributed by atoms with E-state index in [2.05, 4.69) is 4.98 Å². The van der Waals surface area contributed by atoms with Crippen LogP contribution in [0, 0.1) is 0 Å². The van der Waals surface area contributed by atoms with E-state index in [0.717, 1.165) is 11.1 Å². The van der Waals surface area contributed by atoms with Gasteiger partial charge in [0.15, 0.2) is 5.58 Å². The number of likely N-dealkylation sites (N-methyl/N-ethyl adjacent to an activating group) is 1. The van der Waals surface area contributed by atoms with Crippen molar-refractivity contribution in [2.75, 3.05) is 20.2 Å². The summed E-state index contributed by atoms with van der Waals surface area (Å²) in [6.07, 6.45) is 0.813. The van der Waals surface area contributed by atoms with Crippen molar-refractivity contribution in [1.29, 1.82) is 0 Å². The molecule has 0 aliphatic carbocycles. The molecule has 2 heterocycles. The van der Waals surface area contributed by atoms with Crippen molar-refractivity contribution in [3.63, 3.8) is 0 Å². The molecule has 2 N–H and O–H groups in total. The number of rotatable bonds is 7. The Balaban J connectivity index is 1.47. The average Bonchev–Trinajstić information content (AvgIpc) is 3.16. The molecular formula is C18H20N2O4. The fourth-order valence-electron chi connectivity index (χ4n) is 2.51. The molecule has 0 spiro atoms. The third-order valence-corrected chi connectivity index (χ3v) is 3.72. The highest BCUT2D eigenvalue weighted by molar-refractivity contribution is 5.96. The van der Waals surface area contributed by atoms with E-state index in [1.54, 1.807) is 25.4 Å². The molecule has 0 fully saturated rings. The first-order valence-electron chi connectivity index (χ1n) is 7.75. The zero-order valence-electron chi connectivity index (χ0n) is 13.4. The summed E-state index contributed by atoms with van der Waals surface area (Å²) in [4.78, 5) is 16.8. The number of hydrogen-bond acceptors (Lipinski definition) is 4. The number of aromatic amines is 1. The van der Waals surface area contributed by atoms with E-state index in [9.17, 15) is 9.90 Å². The van der Waals surface area contributed by atoms with Gasteiger partial charge in [-0.2, -0.15) is 0 Å². The molecule has 1 aromatic carbocycles. The zero-order valence-corrected chi connectivity index (χ0v) is 13.4. The Labute approximate surface area is 139 Å². The molecule has 0 bridgehead atoms. The van der Waals surface area contributed by atoms with Gasteiger partial charge >= 0.3 is 0 Å². The summed E-state index contributed by atoms with van der Waals surface area (Å²) in [5.41, 5.74) is 2.89. The fraction of sp³-hybridized carbons (Fsp3) is 0.278. The van der Waals surface area contributed by atoms with Gasteiger partial charge < -0.3 is 24.1 Å². The molecule has 1 atom stereocenters. The minimum atomic E-state index is -0.749. The van der Waals surface area contributed by atoms with Gasteiger partial charge in [-0.1, -0.05) is 30.3 Å². The van der Waals surface area contributed by atoms with Crippen LogP contribution in [0.25, 0.3) is 11.1 Å². The van der Waals surface area contributed by atoms with Crippen molar-refractivity contribution in [2.45, 2.75) is 12.7 Å². The number of ether oxygens (including phenoxy) is 1. The first-order chi connectivity index (χ1) is 11.6. The van der Waals surface area contributed by atoms with Gasteiger partial charge in [0.1, 0.15) is 5.69 Å². The van der Waals surface area contributed by atoms with Gasteiger partial charge in [-0.05, 0) is 5.56 Å². The predicted octanol–water partition coefficient (Wildman–Crippen LogP) is 2.41. The molecule has 0 aliphatic heterocycles. The number of fused-ring (bicyclic) bond motifs is 1. The summed E-state index contributed by atoms with van der Waals surface area (Å²) in [5.74, 6) is -0.205. The lowest BCUT2D eigenvalue weighted by molar-refractivity contribution is 0.0136. The van der Waals surface area contributed by atoms with Crippen LogP contribution in [0.2, 0.25) is 0 Å². The summed E-state index contributed by atoms with van der Waals surface area (Å²) >= 11 is 0. The third-order valence-electron chi connectivity index (χ3n) is 3.72. The van der Waals surface area contributed by atoms with E-state index in [0.29, 0.717) is 17.9 Å². The number of aliphatic hydroxyl groups excluding tert-OH is 1. The van der Waals surface area contributed by atoms with Gasteiger partial charge in [0.05, 0.1) is 31.1 Å². The van der Waals surface area contributed by atoms with Crippen LogP contribution in [0.4, 0.5) is 0 Å². The molecule has 0 aliphatic rings. The average molecular weight is 328 g/mol. The van der Waals surface area contributed by atoms with E-state index in [1.165, 1.54) is 4.90 Å². The Morgan fingerprint density at radius 1 is 1.33 bits per heavy atom. The van der Waals surface area contributed by atoms with Gasteiger partial charge in [0.25, 0.3) is 5.91 Å². The molecule has 3 rings (SSSR count). The lowest BCUT2D eigenvalue weighted by atomic mass is 10.2. The number of H-pyrrole nitrogens is 1. The summed E-state index contributed by atoms with van der Waals surface area (Å²) in [6, 6.07) is 13.2. The third kappa shape index (κ3) is 3.84. The van der Waals surface area contributed by atoms with Crippen LogP contribution in [0.3, 0.4) is 0 Å². The van der Waals surface area contributed by atoms with Gasteiger partial charge in [-0.3, -0.25) is 4.79 Å². The first-order valence-corrected chi connectivity index (χ1v) is 7.75. The number of furan rings is 1. The monoisotopic (exact) mass is 328 g/mol. The normalized spacial score (nSPS) is 12.4. The molecule has 1 unspecified atom stereocenters. The molecule has 3 aromatic rings. The van der Waals surface area contributed by atoms with E-state index in [-0.39, 0.29) is 19.1 Å². The number of nitrogens with one attached hydrogen (secondary N) is 1. The van der Waals surface area contributed by atoms with Crippen molar-refractivity contribution in [3.8, 4) is 0 Å².